The second-order valence-electron chi connectivity index (χ2n) is 6.67. The van der Waals surface area contributed by atoms with E-state index in [-0.39, 0.29) is 36.4 Å². The normalized spacial score (nSPS) is 14.9. The van der Waals surface area contributed by atoms with Crippen molar-refractivity contribution in [3.05, 3.63) is 34.9 Å². The van der Waals surface area contributed by atoms with E-state index in [1.54, 1.807) is 19.0 Å². The molecular weight excluding hydrogens is 493 g/mol. The maximum absolute atomic E-state index is 11.8. The number of aliphatic imine (C=N–C) groups is 1. The maximum atomic E-state index is 11.8. The molecule has 0 unspecified atom stereocenters. The minimum atomic E-state index is 0. The number of hydrogen-bond acceptors (Lipinski definition) is 4. The van der Waals surface area contributed by atoms with Gasteiger partial charge in [-0.2, -0.15) is 0 Å². The number of halogens is 2. The third-order valence-corrected chi connectivity index (χ3v) is 4.50. The number of nitrogens with one attached hydrogen (secondary N) is 2. The largest absolute Gasteiger partial charge is 0.379 e. The van der Waals surface area contributed by atoms with Crippen molar-refractivity contribution >= 4 is 47.4 Å². The van der Waals surface area contributed by atoms with E-state index in [9.17, 15) is 4.79 Å². The van der Waals surface area contributed by atoms with E-state index < -0.39 is 0 Å². The van der Waals surface area contributed by atoms with E-state index in [0.717, 1.165) is 51.4 Å². The van der Waals surface area contributed by atoms with Crippen LogP contribution in [0.3, 0.4) is 0 Å². The van der Waals surface area contributed by atoms with Crippen LogP contribution < -0.4 is 10.6 Å². The summed E-state index contributed by atoms with van der Waals surface area (Å²) in [6.07, 6.45) is 0.999. The standard InChI is InChI=1S/C19H30ClN5O2.HI/c1-24(2)18(26)15-23-19(22-14-16-5-3-6-17(20)13-16)21-7-4-8-25-9-11-27-12-10-25;/h3,5-6,13H,4,7-12,14-15H2,1-2H3,(H2,21,22,23);1H. The minimum Gasteiger partial charge on any atom is -0.379 e. The van der Waals surface area contributed by atoms with Crippen molar-refractivity contribution in [1.29, 1.82) is 0 Å². The van der Waals surface area contributed by atoms with E-state index in [1.807, 2.05) is 24.3 Å². The smallest absolute Gasteiger partial charge is 0.241 e. The molecule has 9 heteroatoms. The average molecular weight is 524 g/mol. The van der Waals surface area contributed by atoms with Gasteiger partial charge in [0.2, 0.25) is 5.91 Å². The monoisotopic (exact) mass is 523 g/mol. The topological polar surface area (TPSA) is 69.2 Å². The number of rotatable bonds is 8. The molecule has 2 rings (SSSR count). The molecule has 28 heavy (non-hydrogen) atoms. The van der Waals surface area contributed by atoms with Crippen LogP contribution in [0.15, 0.2) is 29.3 Å². The van der Waals surface area contributed by atoms with E-state index in [0.29, 0.717) is 17.5 Å². The molecule has 158 valence electrons. The van der Waals surface area contributed by atoms with Crippen molar-refractivity contribution in [1.82, 2.24) is 20.4 Å². The lowest BCUT2D eigenvalue weighted by atomic mass is 10.2. The Morgan fingerprint density at radius 1 is 1.29 bits per heavy atom. The van der Waals surface area contributed by atoms with Crippen molar-refractivity contribution in [2.24, 2.45) is 4.99 Å². The maximum Gasteiger partial charge on any atom is 0.241 e. The van der Waals surface area contributed by atoms with Crippen LogP contribution in [-0.4, -0.2) is 81.7 Å². The summed E-state index contributed by atoms with van der Waals surface area (Å²) in [5, 5.41) is 7.11. The first kappa shape index (κ1) is 24.9. The Kier molecular flexibility index (Phi) is 12.4. The molecule has 1 heterocycles. The number of nitrogens with zero attached hydrogens (tertiary/aromatic N) is 3. The van der Waals surface area contributed by atoms with Crippen LogP contribution in [0.25, 0.3) is 0 Å². The molecule has 0 radical (unpaired) electrons. The van der Waals surface area contributed by atoms with Gasteiger partial charge in [-0.15, -0.1) is 24.0 Å². The highest BCUT2D eigenvalue weighted by molar-refractivity contribution is 14.0. The molecule has 1 aromatic carbocycles. The first-order valence-electron chi connectivity index (χ1n) is 9.31. The minimum absolute atomic E-state index is 0. The number of amides is 1. The van der Waals surface area contributed by atoms with Crippen LogP contribution >= 0.6 is 35.6 Å². The predicted octanol–water partition coefficient (Wildman–Crippen LogP) is 1.80. The third-order valence-electron chi connectivity index (χ3n) is 4.26. The molecule has 1 saturated heterocycles. The fourth-order valence-electron chi connectivity index (χ4n) is 2.63. The molecule has 0 aliphatic carbocycles. The average Bonchev–Trinajstić information content (AvgIpc) is 2.67. The van der Waals surface area contributed by atoms with Gasteiger partial charge in [0.1, 0.15) is 0 Å². The summed E-state index contributed by atoms with van der Waals surface area (Å²) in [5.41, 5.74) is 1.02. The lowest BCUT2D eigenvalue weighted by Crippen LogP contribution is -2.44. The summed E-state index contributed by atoms with van der Waals surface area (Å²) in [6, 6.07) is 7.63. The first-order valence-corrected chi connectivity index (χ1v) is 9.69. The molecule has 2 N–H and O–H groups in total. The fourth-order valence-corrected chi connectivity index (χ4v) is 2.84. The molecular formula is C19H31ClIN5O2. The fraction of sp³-hybridized carbons (Fsp3) is 0.579. The lowest BCUT2D eigenvalue weighted by molar-refractivity contribution is -0.127. The number of carbonyl (C=O) groups excluding carboxylic acids is 1. The summed E-state index contributed by atoms with van der Waals surface area (Å²) in [6.45, 7) is 6.12. The molecule has 0 atom stereocenters. The van der Waals surface area contributed by atoms with Crippen LogP contribution in [-0.2, 0) is 16.1 Å². The lowest BCUT2D eigenvalue weighted by Gasteiger charge is -2.26. The Morgan fingerprint density at radius 3 is 2.71 bits per heavy atom. The van der Waals surface area contributed by atoms with E-state index in [4.69, 9.17) is 16.3 Å². The van der Waals surface area contributed by atoms with E-state index >= 15 is 0 Å². The number of benzene rings is 1. The van der Waals surface area contributed by atoms with Crippen molar-refractivity contribution in [2.45, 2.75) is 13.0 Å². The zero-order valence-electron chi connectivity index (χ0n) is 16.6. The molecule has 0 spiro atoms. The number of hydrogen-bond donors (Lipinski definition) is 2. The zero-order valence-corrected chi connectivity index (χ0v) is 19.7. The van der Waals surface area contributed by atoms with Crippen molar-refractivity contribution in [3.63, 3.8) is 0 Å². The van der Waals surface area contributed by atoms with Crippen LogP contribution in [0, 0.1) is 0 Å². The van der Waals surface area contributed by atoms with Crippen LogP contribution in [0.2, 0.25) is 5.02 Å². The van der Waals surface area contributed by atoms with Crippen molar-refractivity contribution in [2.75, 3.05) is 60.0 Å². The van der Waals surface area contributed by atoms with Gasteiger partial charge in [-0.3, -0.25) is 9.69 Å². The molecule has 7 nitrogen and oxygen atoms in total. The molecule has 1 aliphatic heterocycles. The quantitative estimate of drug-likeness (QED) is 0.235. The summed E-state index contributed by atoms with van der Waals surface area (Å²) in [5.74, 6) is 0.632. The van der Waals surface area contributed by atoms with Gasteiger partial charge in [-0.1, -0.05) is 23.7 Å². The molecule has 0 bridgehead atoms. The van der Waals surface area contributed by atoms with Gasteiger partial charge >= 0.3 is 0 Å². The molecule has 1 fully saturated rings. The van der Waals surface area contributed by atoms with Gasteiger partial charge in [0.25, 0.3) is 0 Å². The number of guanidine groups is 1. The van der Waals surface area contributed by atoms with Gasteiger partial charge in [0, 0.05) is 38.8 Å². The molecule has 0 saturated carbocycles. The van der Waals surface area contributed by atoms with E-state index in [2.05, 4.69) is 20.5 Å². The van der Waals surface area contributed by atoms with Gasteiger partial charge in [-0.05, 0) is 30.7 Å². The highest BCUT2D eigenvalue weighted by atomic mass is 127. The van der Waals surface area contributed by atoms with Crippen LogP contribution in [0.5, 0.6) is 0 Å². The van der Waals surface area contributed by atoms with Crippen LogP contribution in [0.1, 0.15) is 12.0 Å². The van der Waals surface area contributed by atoms with Gasteiger partial charge in [0.15, 0.2) is 5.96 Å². The Morgan fingerprint density at radius 2 is 2.04 bits per heavy atom. The predicted molar refractivity (Wildman–Crippen MR) is 125 cm³/mol. The second-order valence-corrected chi connectivity index (χ2v) is 7.11. The number of carbonyl (C=O) groups is 1. The zero-order chi connectivity index (χ0) is 19.5. The second kappa shape index (κ2) is 14.0. The van der Waals surface area contributed by atoms with Gasteiger partial charge in [0.05, 0.1) is 26.3 Å². The highest BCUT2D eigenvalue weighted by Gasteiger charge is 2.10. The molecule has 1 amide bonds. The number of morpholine rings is 1. The molecule has 1 aliphatic rings. The molecule has 1 aromatic rings. The van der Waals surface area contributed by atoms with Gasteiger partial charge in [-0.25, -0.2) is 4.99 Å². The van der Waals surface area contributed by atoms with Crippen LogP contribution in [0.4, 0.5) is 0 Å². The Labute approximate surface area is 189 Å². The summed E-state index contributed by atoms with van der Waals surface area (Å²) in [7, 11) is 3.48. The highest BCUT2D eigenvalue weighted by Crippen LogP contribution is 2.11. The summed E-state index contributed by atoms with van der Waals surface area (Å²) in [4.78, 5) is 20.4. The van der Waals surface area contributed by atoms with E-state index in [1.165, 1.54) is 0 Å². The van der Waals surface area contributed by atoms with Gasteiger partial charge < -0.3 is 20.3 Å². The Balaban J connectivity index is 0.00000392. The third kappa shape index (κ3) is 9.90. The Hall–Kier alpha value is -1.10. The Bertz CT molecular complexity index is 624. The van der Waals surface area contributed by atoms with Crippen molar-refractivity contribution < 1.29 is 9.53 Å². The number of likely N-dealkylation sites (N-methyl/N-ethyl adjacent to an activating group) is 1. The SMILES string of the molecule is CN(C)C(=O)CNC(=NCc1cccc(Cl)c1)NCCCN1CCOCC1.I. The van der Waals surface area contributed by atoms with Crippen molar-refractivity contribution in [3.8, 4) is 0 Å². The number of ether oxygens (including phenoxy) is 1. The summed E-state index contributed by atoms with van der Waals surface area (Å²) >= 11 is 6.03. The first-order chi connectivity index (χ1) is 13.0. The summed E-state index contributed by atoms with van der Waals surface area (Å²) < 4.78 is 5.37. The molecule has 0 aromatic heterocycles.